The lowest BCUT2D eigenvalue weighted by Gasteiger charge is -2.18. The van der Waals surface area contributed by atoms with Gasteiger partial charge in [-0.15, -0.1) is 0 Å². The highest BCUT2D eigenvalue weighted by molar-refractivity contribution is 5.38. The number of aryl methyl sites for hydroxylation is 1. The van der Waals surface area contributed by atoms with Crippen LogP contribution in [-0.4, -0.2) is 21.1 Å². The highest BCUT2D eigenvalue weighted by Gasteiger charge is 2.09. The van der Waals surface area contributed by atoms with Crippen molar-refractivity contribution in [2.24, 2.45) is 5.41 Å². The first-order valence-corrected chi connectivity index (χ1v) is 5.96. The van der Waals surface area contributed by atoms with E-state index in [1.165, 1.54) is 0 Å². The van der Waals surface area contributed by atoms with Crippen LogP contribution in [-0.2, 0) is 6.54 Å². The summed E-state index contributed by atoms with van der Waals surface area (Å²) in [5, 5.41) is 7.79. The third kappa shape index (κ3) is 3.27. The highest BCUT2D eigenvalue weighted by atomic mass is 15.2. The standard InChI is InChI=1S/C13H20N4/c1-10-5-12-15-7-11(8-17(12)16-10)6-14-9-13(2,3)4/h5,7-8,14H,6,9H2,1-4H3. The van der Waals surface area contributed by atoms with Crippen molar-refractivity contribution < 1.29 is 0 Å². The van der Waals surface area contributed by atoms with Gasteiger partial charge in [0.1, 0.15) is 0 Å². The summed E-state index contributed by atoms with van der Waals surface area (Å²) >= 11 is 0. The molecule has 0 fully saturated rings. The summed E-state index contributed by atoms with van der Waals surface area (Å²) in [6.45, 7) is 10.5. The fraction of sp³-hybridized carbons (Fsp3) is 0.538. The molecule has 92 valence electrons. The molecule has 1 N–H and O–H groups in total. The molecule has 2 heterocycles. The van der Waals surface area contributed by atoms with Gasteiger partial charge in [-0.05, 0) is 12.3 Å². The van der Waals surface area contributed by atoms with Crippen LogP contribution in [0.15, 0.2) is 18.5 Å². The molecule has 0 aliphatic carbocycles. The van der Waals surface area contributed by atoms with Gasteiger partial charge < -0.3 is 5.32 Å². The van der Waals surface area contributed by atoms with Crippen molar-refractivity contribution >= 4 is 5.65 Å². The van der Waals surface area contributed by atoms with E-state index in [0.29, 0.717) is 5.41 Å². The van der Waals surface area contributed by atoms with Crippen LogP contribution < -0.4 is 5.32 Å². The van der Waals surface area contributed by atoms with E-state index in [1.807, 2.05) is 29.9 Å². The Morgan fingerprint density at radius 1 is 1.35 bits per heavy atom. The maximum Gasteiger partial charge on any atom is 0.155 e. The van der Waals surface area contributed by atoms with Crippen LogP contribution in [0.25, 0.3) is 5.65 Å². The number of aromatic nitrogens is 3. The fourth-order valence-corrected chi connectivity index (χ4v) is 1.71. The smallest absolute Gasteiger partial charge is 0.155 e. The Morgan fingerprint density at radius 3 is 2.82 bits per heavy atom. The van der Waals surface area contributed by atoms with E-state index >= 15 is 0 Å². The quantitative estimate of drug-likeness (QED) is 0.882. The molecule has 0 aliphatic rings. The van der Waals surface area contributed by atoms with Crippen molar-refractivity contribution in [3.05, 3.63) is 29.7 Å². The van der Waals surface area contributed by atoms with Gasteiger partial charge in [-0.1, -0.05) is 20.8 Å². The molecule has 2 aromatic rings. The lowest BCUT2D eigenvalue weighted by atomic mass is 9.97. The van der Waals surface area contributed by atoms with Crippen molar-refractivity contribution in [2.45, 2.75) is 34.2 Å². The van der Waals surface area contributed by atoms with Crippen molar-refractivity contribution in [1.82, 2.24) is 19.9 Å². The number of rotatable bonds is 3. The molecule has 0 saturated heterocycles. The molecule has 0 radical (unpaired) electrons. The van der Waals surface area contributed by atoms with Gasteiger partial charge in [0.05, 0.1) is 5.69 Å². The molecule has 17 heavy (non-hydrogen) atoms. The summed E-state index contributed by atoms with van der Waals surface area (Å²) in [6, 6.07) is 1.98. The number of nitrogens with one attached hydrogen (secondary N) is 1. The third-order valence-corrected chi connectivity index (χ3v) is 2.47. The van der Waals surface area contributed by atoms with Crippen LogP contribution in [0.3, 0.4) is 0 Å². The molecule has 4 nitrogen and oxygen atoms in total. The minimum Gasteiger partial charge on any atom is -0.312 e. The first kappa shape index (κ1) is 12.0. The first-order valence-electron chi connectivity index (χ1n) is 5.96. The van der Waals surface area contributed by atoms with Gasteiger partial charge in [0, 0.05) is 37.1 Å². The maximum atomic E-state index is 4.38. The van der Waals surface area contributed by atoms with Gasteiger partial charge in [-0.3, -0.25) is 0 Å². The Hall–Kier alpha value is -1.42. The second kappa shape index (κ2) is 4.45. The van der Waals surface area contributed by atoms with Gasteiger partial charge in [0.25, 0.3) is 0 Å². The second-order valence-electron chi connectivity index (χ2n) is 5.71. The van der Waals surface area contributed by atoms with Crippen LogP contribution >= 0.6 is 0 Å². The Bertz CT molecular complexity index is 508. The Balaban J connectivity index is 2.04. The van der Waals surface area contributed by atoms with Crippen LogP contribution in [0.2, 0.25) is 0 Å². The van der Waals surface area contributed by atoms with E-state index in [4.69, 9.17) is 0 Å². The molecule has 0 aromatic carbocycles. The number of nitrogens with zero attached hydrogens (tertiary/aromatic N) is 3. The van der Waals surface area contributed by atoms with E-state index < -0.39 is 0 Å². The topological polar surface area (TPSA) is 42.2 Å². The molecule has 0 unspecified atom stereocenters. The number of hydrogen-bond donors (Lipinski definition) is 1. The van der Waals surface area contributed by atoms with Crippen LogP contribution in [0.4, 0.5) is 0 Å². The second-order valence-corrected chi connectivity index (χ2v) is 5.71. The lowest BCUT2D eigenvalue weighted by Crippen LogP contribution is -2.26. The Labute approximate surface area is 102 Å². The molecular weight excluding hydrogens is 212 g/mol. The molecule has 0 bridgehead atoms. The summed E-state index contributed by atoms with van der Waals surface area (Å²) < 4.78 is 1.84. The van der Waals surface area contributed by atoms with Crippen LogP contribution in [0.5, 0.6) is 0 Å². The zero-order chi connectivity index (χ0) is 12.5. The van der Waals surface area contributed by atoms with Gasteiger partial charge in [0.15, 0.2) is 5.65 Å². The summed E-state index contributed by atoms with van der Waals surface area (Å²) in [4.78, 5) is 4.38. The molecular formula is C13H20N4. The zero-order valence-corrected chi connectivity index (χ0v) is 11.0. The first-order chi connectivity index (χ1) is 7.94. The van der Waals surface area contributed by atoms with Gasteiger partial charge >= 0.3 is 0 Å². The molecule has 2 aromatic heterocycles. The third-order valence-electron chi connectivity index (χ3n) is 2.47. The largest absolute Gasteiger partial charge is 0.312 e. The molecule has 0 amide bonds. The van der Waals surface area contributed by atoms with E-state index in [9.17, 15) is 0 Å². The lowest BCUT2D eigenvalue weighted by molar-refractivity contribution is 0.379. The van der Waals surface area contributed by atoms with Gasteiger partial charge in [-0.2, -0.15) is 5.10 Å². The van der Waals surface area contributed by atoms with E-state index in [0.717, 1.165) is 30.0 Å². The van der Waals surface area contributed by atoms with Crippen molar-refractivity contribution in [1.29, 1.82) is 0 Å². The molecule has 0 aliphatic heterocycles. The monoisotopic (exact) mass is 232 g/mol. The summed E-state index contributed by atoms with van der Waals surface area (Å²) in [7, 11) is 0. The SMILES string of the molecule is Cc1cc2ncc(CNCC(C)(C)C)cn2n1. The van der Waals surface area contributed by atoms with Gasteiger partial charge in [0.2, 0.25) is 0 Å². The van der Waals surface area contributed by atoms with Gasteiger partial charge in [-0.25, -0.2) is 9.50 Å². The molecule has 0 saturated carbocycles. The fourth-order valence-electron chi connectivity index (χ4n) is 1.71. The zero-order valence-electron chi connectivity index (χ0n) is 11.0. The molecule has 4 heteroatoms. The summed E-state index contributed by atoms with van der Waals surface area (Å²) in [5.41, 5.74) is 3.36. The molecule has 0 atom stereocenters. The minimum absolute atomic E-state index is 0.305. The van der Waals surface area contributed by atoms with Crippen molar-refractivity contribution in [3.63, 3.8) is 0 Å². The van der Waals surface area contributed by atoms with Crippen molar-refractivity contribution in [3.8, 4) is 0 Å². The normalized spacial score (nSPS) is 12.2. The van der Waals surface area contributed by atoms with E-state index in [2.05, 4.69) is 36.2 Å². The minimum atomic E-state index is 0.305. The van der Waals surface area contributed by atoms with E-state index in [1.54, 1.807) is 0 Å². The van der Waals surface area contributed by atoms with Crippen molar-refractivity contribution in [2.75, 3.05) is 6.54 Å². The molecule has 0 spiro atoms. The van der Waals surface area contributed by atoms with Crippen LogP contribution in [0.1, 0.15) is 32.0 Å². The number of hydrogen-bond acceptors (Lipinski definition) is 3. The summed E-state index contributed by atoms with van der Waals surface area (Å²) in [6.07, 6.45) is 3.94. The van der Waals surface area contributed by atoms with Crippen LogP contribution in [0, 0.1) is 12.3 Å². The maximum absolute atomic E-state index is 4.38. The van der Waals surface area contributed by atoms with E-state index in [-0.39, 0.29) is 0 Å². The summed E-state index contributed by atoms with van der Waals surface area (Å²) in [5.74, 6) is 0. The number of fused-ring (bicyclic) bond motifs is 1. The average molecular weight is 232 g/mol. The Kier molecular flexibility index (Phi) is 3.15. The predicted molar refractivity (Wildman–Crippen MR) is 68.9 cm³/mol. The average Bonchev–Trinajstić information content (AvgIpc) is 2.55. The Morgan fingerprint density at radius 2 is 2.12 bits per heavy atom. The predicted octanol–water partition coefficient (Wildman–Crippen LogP) is 2.17. The molecule has 2 rings (SSSR count). The highest BCUT2D eigenvalue weighted by Crippen LogP contribution is 2.11.